The smallest absolute Gasteiger partial charge is 0.254 e. The van der Waals surface area contributed by atoms with Crippen molar-refractivity contribution >= 4 is 27.5 Å². The first-order chi connectivity index (χ1) is 15.9. The molecule has 4 rings (SSSR count). The van der Waals surface area contributed by atoms with E-state index in [0.717, 1.165) is 37.7 Å². The molecule has 1 unspecified atom stereocenters. The number of amides is 1. The molecule has 0 N–H and O–H groups in total. The maximum Gasteiger partial charge on any atom is 0.254 e. The molecule has 2 aliphatic heterocycles. The molecule has 1 amide bonds. The molecule has 0 radical (unpaired) electrons. The standard InChI is InChI=1S/C24H29ClN2O5S/c1-31-18-9-11-22(32-2)19(16-18)21-7-6-14-27(21)24(28)17-8-10-20(25)23(15-17)33(29,30)26-12-4-3-5-13-26/h8-11,15-16,21H,3-7,12-14H2,1-2H3. The fourth-order valence-electron chi connectivity index (χ4n) is 4.68. The monoisotopic (exact) mass is 492 g/mol. The number of likely N-dealkylation sites (tertiary alicyclic amines) is 1. The molecular weight excluding hydrogens is 464 g/mol. The summed E-state index contributed by atoms with van der Waals surface area (Å²) >= 11 is 6.30. The number of methoxy groups -OCH3 is 2. The molecule has 2 aromatic rings. The highest BCUT2D eigenvalue weighted by molar-refractivity contribution is 7.89. The minimum Gasteiger partial charge on any atom is -0.497 e. The molecule has 0 spiro atoms. The van der Waals surface area contributed by atoms with Crippen LogP contribution >= 0.6 is 11.6 Å². The number of piperidine rings is 1. The van der Waals surface area contributed by atoms with Crippen LogP contribution in [0.5, 0.6) is 11.5 Å². The largest absolute Gasteiger partial charge is 0.497 e. The van der Waals surface area contributed by atoms with E-state index in [2.05, 4.69) is 0 Å². The first-order valence-electron chi connectivity index (χ1n) is 11.2. The third-order valence-electron chi connectivity index (χ3n) is 6.42. The molecule has 178 valence electrons. The molecule has 33 heavy (non-hydrogen) atoms. The third-order valence-corrected chi connectivity index (χ3v) is 8.80. The highest BCUT2D eigenvalue weighted by Gasteiger charge is 2.34. The number of sulfonamides is 1. The van der Waals surface area contributed by atoms with Gasteiger partial charge in [-0.25, -0.2) is 8.42 Å². The van der Waals surface area contributed by atoms with Crippen molar-refractivity contribution in [1.82, 2.24) is 9.21 Å². The van der Waals surface area contributed by atoms with E-state index in [0.29, 0.717) is 36.7 Å². The van der Waals surface area contributed by atoms with Gasteiger partial charge in [0.1, 0.15) is 16.4 Å². The number of benzene rings is 2. The molecule has 0 bridgehead atoms. The van der Waals surface area contributed by atoms with E-state index in [-0.39, 0.29) is 21.9 Å². The van der Waals surface area contributed by atoms with E-state index in [1.165, 1.54) is 16.4 Å². The van der Waals surface area contributed by atoms with Crippen molar-refractivity contribution in [3.63, 3.8) is 0 Å². The first-order valence-corrected chi connectivity index (χ1v) is 13.0. The number of hydrogen-bond donors (Lipinski definition) is 0. The van der Waals surface area contributed by atoms with Gasteiger partial charge < -0.3 is 14.4 Å². The zero-order valence-corrected chi connectivity index (χ0v) is 20.5. The van der Waals surface area contributed by atoms with Crippen molar-refractivity contribution in [3.05, 3.63) is 52.5 Å². The summed E-state index contributed by atoms with van der Waals surface area (Å²) in [5, 5.41) is 0.129. The maximum atomic E-state index is 13.6. The molecule has 2 fully saturated rings. The van der Waals surface area contributed by atoms with Crippen molar-refractivity contribution in [3.8, 4) is 11.5 Å². The summed E-state index contributed by atoms with van der Waals surface area (Å²) in [5.41, 5.74) is 1.18. The van der Waals surface area contributed by atoms with E-state index in [4.69, 9.17) is 21.1 Å². The lowest BCUT2D eigenvalue weighted by Gasteiger charge is -2.28. The van der Waals surface area contributed by atoms with Gasteiger partial charge in [0.2, 0.25) is 10.0 Å². The van der Waals surface area contributed by atoms with Crippen molar-refractivity contribution in [1.29, 1.82) is 0 Å². The van der Waals surface area contributed by atoms with Crippen LogP contribution in [0.4, 0.5) is 0 Å². The summed E-state index contributed by atoms with van der Waals surface area (Å²) < 4.78 is 38.8. The van der Waals surface area contributed by atoms with Crippen LogP contribution in [0.3, 0.4) is 0 Å². The van der Waals surface area contributed by atoms with E-state index in [1.54, 1.807) is 25.2 Å². The quantitative estimate of drug-likeness (QED) is 0.593. The van der Waals surface area contributed by atoms with Crippen LogP contribution in [-0.4, -0.2) is 57.4 Å². The second-order valence-corrected chi connectivity index (χ2v) is 10.7. The van der Waals surface area contributed by atoms with Crippen LogP contribution in [-0.2, 0) is 10.0 Å². The van der Waals surface area contributed by atoms with E-state index in [9.17, 15) is 13.2 Å². The van der Waals surface area contributed by atoms with E-state index in [1.807, 2.05) is 18.2 Å². The van der Waals surface area contributed by atoms with Crippen molar-refractivity contribution in [2.24, 2.45) is 0 Å². The minimum absolute atomic E-state index is 0.00776. The second-order valence-electron chi connectivity index (χ2n) is 8.37. The lowest BCUT2D eigenvalue weighted by atomic mass is 10.0. The van der Waals surface area contributed by atoms with Crippen molar-refractivity contribution in [2.45, 2.75) is 43.0 Å². The number of hydrogen-bond acceptors (Lipinski definition) is 5. The van der Waals surface area contributed by atoms with Gasteiger partial charge in [-0.3, -0.25) is 4.79 Å². The predicted molar refractivity (Wildman–Crippen MR) is 127 cm³/mol. The lowest BCUT2D eigenvalue weighted by Crippen LogP contribution is -2.36. The zero-order valence-electron chi connectivity index (χ0n) is 18.9. The predicted octanol–water partition coefficient (Wildman–Crippen LogP) is 4.51. The summed E-state index contributed by atoms with van der Waals surface area (Å²) in [5.74, 6) is 1.14. The number of carbonyl (C=O) groups excluding carboxylic acids is 1. The van der Waals surface area contributed by atoms with Crippen molar-refractivity contribution in [2.75, 3.05) is 33.9 Å². The Morgan fingerprint density at radius 2 is 1.73 bits per heavy atom. The second kappa shape index (κ2) is 9.91. The summed E-state index contributed by atoms with van der Waals surface area (Å²) in [4.78, 5) is 15.3. The van der Waals surface area contributed by atoms with Gasteiger partial charge in [-0.1, -0.05) is 18.0 Å². The van der Waals surface area contributed by atoms with Crippen molar-refractivity contribution < 1.29 is 22.7 Å². The Kier molecular flexibility index (Phi) is 7.16. The fourth-order valence-corrected chi connectivity index (χ4v) is 6.69. The molecule has 0 aromatic heterocycles. The van der Waals surface area contributed by atoms with Crippen LogP contribution in [0.1, 0.15) is 54.1 Å². The molecule has 2 aromatic carbocycles. The summed E-state index contributed by atoms with van der Waals surface area (Å²) in [6.45, 7) is 1.52. The summed E-state index contributed by atoms with van der Waals surface area (Å²) in [6.07, 6.45) is 4.29. The molecule has 0 saturated carbocycles. The molecular formula is C24H29ClN2O5S. The third kappa shape index (κ3) is 4.69. The van der Waals surface area contributed by atoms with Crippen LogP contribution in [0.2, 0.25) is 5.02 Å². The zero-order chi connectivity index (χ0) is 23.6. The molecule has 2 aliphatic rings. The van der Waals surface area contributed by atoms with Crippen LogP contribution in [0.15, 0.2) is 41.3 Å². The van der Waals surface area contributed by atoms with Gasteiger partial charge in [0.25, 0.3) is 5.91 Å². The normalized spacial score (nSPS) is 19.5. The van der Waals surface area contributed by atoms with Crippen LogP contribution < -0.4 is 9.47 Å². The topological polar surface area (TPSA) is 76.1 Å². The van der Waals surface area contributed by atoms with Gasteiger partial charge in [0.05, 0.1) is 25.3 Å². The molecule has 7 nitrogen and oxygen atoms in total. The Hall–Kier alpha value is -2.29. The average Bonchev–Trinajstić information content (AvgIpc) is 3.33. The minimum atomic E-state index is -3.76. The highest BCUT2D eigenvalue weighted by atomic mass is 35.5. The van der Waals surface area contributed by atoms with Gasteiger partial charge >= 0.3 is 0 Å². The Labute approximate surface area is 200 Å². The van der Waals surface area contributed by atoms with Crippen LogP contribution in [0.25, 0.3) is 0 Å². The van der Waals surface area contributed by atoms with Gasteiger partial charge in [-0.15, -0.1) is 0 Å². The fraction of sp³-hybridized carbons (Fsp3) is 0.458. The molecule has 2 heterocycles. The molecule has 0 aliphatic carbocycles. The van der Waals surface area contributed by atoms with Crippen LogP contribution in [0, 0.1) is 0 Å². The van der Waals surface area contributed by atoms with Gasteiger partial charge in [-0.05, 0) is 62.1 Å². The maximum absolute atomic E-state index is 13.6. The molecule has 1 atom stereocenters. The van der Waals surface area contributed by atoms with E-state index >= 15 is 0 Å². The average molecular weight is 493 g/mol. The Morgan fingerprint density at radius 1 is 0.970 bits per heavy atom. The molecule has 9 heteroatoms. The number of ether oxygens (including phenoxy) is 2. The Morgan fingerprint density at radius 3 is 2.42 bits per heavy atom. The van der Waals surface area contributed by atoms with E-state index < -0.39 is 10.0 Å². The Balaban J connectivity index is 1.66. The highest BCUT2D eigenvalue weighted by Crippen LogP contribution is 2.40. The Bertz CT molecular complexity index is 1130. The lowest BCUT2D eigenvalue weighted by molar-refractivity contribution is 0.0733. The number of halogens is 1. The van der Waals surface area contributed by atoms with Gasteiger partial charge in [0, 0.05) is 30.8 Å². The first kappa shape index (κ1) is 23.9. The SMILES string of the molecule is COc1ccc(OC)c(C2CCCN2C(=O)c2ccc(Cl)c(S(=O)(=O)N3CCCCC3)c2)c1. The number of nitrogens with zero attached hydrogens (tertiary/aromatic N) is 2. The summed E-state index contributed by atoms with van der Waals surface area (Å²) in [6, 6.07) is 9.87. The van der Waals surface area contributed by atoms with Gasteiger partial charge in [-0.2, -0.15) is 4.31 Å². The number of rotatable bonds is 6. The summed E-state index contributed by atoms with van der Waals surface area (Å²) in [7, 11) is -0.565. The number of carbonyl (C=O) groups is 1. The van der Waals surface area contributed by atoms with Gasteiger partial charge in [0.15, 0.2) is 0 Å². The molecule has 2 saturated heterocycles.